The van der Waals surface area contributed by atoms with E-state index < -0.39 is 0 Å². The zero-order valence-corrected chi connectivity index (χ0v) is 15.9. The van der Waals surface area contributed by atoms with Gasteiger partial charge in [0.1, 0.15) is 0 Å². The summed E-state index contributed by atoms with van der Waals surface area (Å²) in [5.41, 5.74) is 1.97. The molecule has 0 radical (unpaired) electrons. The first-order valence-corrected chi connectivity index (χ1v) is 9.47. The molecule has 0 bridgehead atoms. The maximum atomic E-state index is 12.6. The molecular weight excluding hydrogens is 326 g/mol. The third-order valence-electron chi connectivity index (χ3n) is 5.66. The third-order valence-corrected chi connectivity index (χ3v) is 5.66. The topological polar surface area (TPSA) is 61.4 Å². The summed E-state index contributed by atoms with van der Waals surface area (Å²) in [4.78, 5) is 26.3. The smallest absolute Gasteiger partial charge is 0.317 e. The second kappa shape index (κ2) is 7.52. The Bertz CT molecular complexity index is 703. The maximum absolute atomic E-state index is 12.6. The summed E-state index contributed by atoms with van der Waals surface area (Å²) >= 11 is 0. The predicted molar refractivity (Wildman–Crippen MR) is 103 cm³/mol. The standard InChI is InChI=1S/C21H29N3O2/c1-15(2)18-21(10-4-5-11-21)14-24(18)20(26)23-12-9-16-7-6-8-17(13-16)19(25)22-3/h4-8,13,15,18H,9-12,14H2,1-3H3,(H,22,25)(H,23,26). The van der Waals surface area contributed by atoms with Crippen LogP contribution in [0.4, 0.5) is 4.79 Å². The second-order valence-corrected chi connectivity index (χ2v) is 7.82. The highest BCUT2D eigenvalue weighted by Gasteiger charge is 2.55. The number of nitrogens with one attached hydrogen (secondary N) is 2. The molecule has 1 unspecified atom stereocenters. The number of carbonyl (C=O) groups is 2. The van der Waals surface area contributed by atoms with Crippen molar-refractivity contribution in [2.45, 2.75) is 39.2 Å². The minimum absolute atomic E-state index is 0.0312. The highest BCUT2D eigenvalue weighted by atomic mass is 16.2. The quantitative estimate of drug-likeness (QED) is 0.798. The van der Waals surface area contributed by atoms with Crippen molar-refractivity contribution in [3.05, 3.63) is 47.5 Å². The Labute approximate surface area is 155 Å². The molecule has 1 aliphatic heterocycles. The van der Waals surface area contributed by atoms with Gasteiger partial charge in [-0.3, -0.25) is 4.79 Å². The Hall–Kier alpha value is -2.30. The van der Waals surface area contributed by atoms with Gasteiger partial charge in [0, 0.05) is 37.2 Å². The van der Waals surface area contributed by atoms with E-state index >= 15 is 0 Å². The van der Waals surface area contributed by atoms with E-state index in [2.05, 4.69) is 36.6 Å². The average molecular weight is 355 g/mol. The summed E-state index contributed by atoms with van der Waals surface area (Å²) in [6, 6.07) is 7.88. The largest absolute Gasteiger partial charge is 0.355 e. The number of amides is 3. The van der Waals surface area contributed by atoms with Crippen molar-refractivity contribution in [3.8, 4) is 0 Å². The molecule has 1 atom stereocenters. The molecule has 5 heteroatoms. The highest BCUT2D eigenvalue weighted by molar-refractivity contribution is 5.94. The van der Waals surface area contributed by atoms with E-state index in [0.29, 0.717) is 30.5 Å². The van der Waals surface area contributed by atoms with Crippen LogP contribution in [0.15, 0.2) is 36.4 Å². The summed E-state index contributed by atoms with van der Waals surface area (Å²) in [7, 11) is 1.63. The number of nitrogens with zero attached hydrogens (tertiary/aromatic N) is 1. The van der Waals surface area contributed by atoms with Gasteiger partial charge in [-0.2, -0.15) is 0 Å². The minimum Gasteiger partial charge on any atom is -0.355 e. The summed E-state index contributed by atoms with van der Waals surface area (Å²) in [5.74, 6) is 0.366. The van der Waals surface area contributed by atoms with Crippen molar-refractivity contribution >= 4 is 11.9 Å². The normalized spacial score (nSPS) is 20.3. The fraction of sp³-hybridized carbons (Fsp3) is 0.524. The van der Waals surface area contributed by atoms with Crippen LogP contribution in [-0.4, -0.2) is 43.0 Å². The fourth-order valence-electron chi connectivity index (χ4n) is 4.53. The molecule has 1 aliphatic carbocycles. The summed E-state index contributed by atoms with van der Waals surface area (Å²) in [6.45, 7) is 5.83. The van der Waals surface area contributed by atoms with Gasteiger partial charge in [-0.25, -0.2) is 4.79 Å². The lowest BCUT2D eigenvalue weighted by Gasteiger charge is -2.58. The van der Waals surface area contributed by atoms with Crippen LogP contribution in [0.3, 0.4) is 0 Å². The molecule has 1 aromatic rings. The molecule has 1 fully saturated rings. The molecule has 1 saturated heterocycles. The van der Waals surface area contributed by atoms with Gasteiger partial charge < -0.3 is 15.5 Å². The molecular formula is C21H29N3O2. The highest BCUT2D eigenvalue weighted by Crippen LogP contribution is 2.50. The molecule has 2 N–H and O–H groups in total. The Kier molecular flexibility index (Phi) is 5.35. The number of hydrogen-bond donors (Lipinski definition) is 2. The fourth-order valence-corrected chi connectivity index (χ4v) is 4.53. The zero-order chi connectivity index (χ0) is 18.7. The summed E-state index contributed by atoms with van der Waals surface area (Å²) in [6.07, 6.45) is 7.40. The second-order valence-electron chi connectivity index (χ2n) is 7.82. The molecule has 140 valence electrons. The molecule has 1 spiro atoms. The molecule has 0 saturated carbocycles. The van der Waals surface area contributed by atoms with Crippen molar-refractivity contribution in [2.24, 2.45) is 11.3 Å². The summed E-state index contributed by atoms with van der Waals surface area (Å²) in [5, 5.41) is 5.68. The van der Waals surface area contributed by atoms with Gasteiger partial charge in [-0.1, -0.05) is 38.1 Å². The molecule has 3 rings (SSSR count). The Morgan fingerprint density at radius 2 is 2.00 bits per heavy atom. The van der Waals surface area contributed by atoms with Crippen molar-refractivity contribution in [3.63, 3.8) is 0 Å². The first kappa shape index (κ1) is 18.5. The molecule has 2 aliphatic rings. The summed E-state index contributed by atoms with van der Waals surface area (Å²) < 4.78 is 0. The maximum Gasteiger partial charge on any atom is 0.317 e. The number of benzene rings is 1. The lowest BCUT2D eigenvalue weighted by atomic mass is 9.65. The van der Waals surface area contributed by atoms with Crippen LogP contribution in [0.25, 0.3) is 0 Å². The molecule has 1 aromatic carbocycles. The Balaban J connectivity index is 1.52. The Morgan fingerprint density at radius 3 is 2.65 bits per heavy atom. The first-order chi connectivity index (χ1) is 12.5. The molecule has 26 heavy (non-hydrogen) atoms. The van der Waals surface area contributed by atoms with Crippen molar-refractivity contribution in [2.75, 3.05) is 20.1 Å². The lowest BCUT2D eigenvalue weighted by molar-refractivity contribution is -0.0575. The monoisotopic (exact) mass is 355 g/mol. The van der Waals surface area contributed by atoms with E-state index in [1.165, 1.54) is 0 Å². The van der Waals surface area contributed by atoms with Crippen molar-refractivity contribution in [1.82, 2.24) is 15.5 Å². The van der Waals surface area contributed by atoms with E-state index in [9.17, 15) is 9.59 Å². The van der Waals surface area contributed by atoms with Crippen molar-refractivity contribution in [1.29, 1.82) is 0 Å². The number of allylic oxidation sites excluding steroid dienone is 2. The molecule has 1 heterocycles. The number of hydrogen-bond acceptors (Lipinski definition) is 2. The van der Waals surface area contributed by atoms with E-state index in [1.807, 2.05) is 23.1 Å². The molecule has 0 aromatic heterocycles. The van der Waals surface area contributed by atoms with Gasteiger partial charge >= 0.3 is 6.03 Å². The van der Waals surface area contributed by atoms with Gasteiger partial charge in [-0.05, 0) is 42.9 Å². The van der Waals surface area contributed by atoms with Gasteiger partial charge in [0.05, 0.1) is 0 Å². The van der Waals surface area contributed by atoms with Crippen molar-refractivity contribution < 1.29 is 9.59 Å². The van der Waals surface area contributed by atoms with Gasteiger partial charge in [0.2, 0.25) is 0 Å². The van der Waals surface area contributed by atoms with E-state index in [4.69, 9.17) is 0 Å². The molecule has 3 amide bonds. The van der Waals surface area contributed by atoms with E-state index in [1.54, 1.807) is 13.1 Å². The SMILES string of the molecule is CNC(=O)c1cccc(CCNC(=O)N2CC3(CC=CC3)C2C(C)C)c1. The van der Waals surface area contributed by atoms with Crippen LogP contribution in [-0.2, 0) is 6.42 Å². The first-order valence-electron chi connectivity index (χ1n) is 9.47. The predicted octanol–water partition coefficient (Wildman–Crippen LogP) is 2.97. The van der Waals surface area contributed by atoms with Crippen LogP contribution >= 0.6 is 0 Å². The van der Waals surface area contributed by atoms with E-state index in [0.717, 1.165) is 24.9 Å². The van der Waals surface area contributed by atoms with Crippen LogP contribution < -0.4 is 10.6 Å². The van der Waals surface area contributed by atoms with Crippen LogP contribution in [0.2, 0.25) is 0 Å². The van der Waals surface area contributed by atoms with Crippen LogP contribution in [0.5, 0.6) is 0 Å². The van der Waals surface area contributed by atoms with Crippen LogP contribution in [0.1, 0.15) is 42.6 Å². The van der Waals surface area contributed by atoms with Gasteiger partial charge in [0.25, 0.3) is 5.91 Å². The Morgan fingerprint density at radius 1 is 1.27 bits per heavy atom. The van der Waals surface area contributed by atoms with Gasteiger partial charge in [-0.15, -0.1) is 0 Å². The number of urea groups is 1. The number of carbonyl (C=O) groups excluding carboxylic acids is 2. The number of rotatable bonds is 5. The zero-order valence-electron chi connectivity index (χ0n) is 15.9. The lowest BCUT2D eigenvalue weighted by Crippen LogP contribution is -2.69. The van der Waals surface area contributed by atoms with E-state index in [-0.39, 0.29) is 17.4 Å². The average Bonchev–Trinajstić information content (AvgIpc) is 3.10. The van der Waals surface area contributed by atoms with Crippen LogP contribution in [0, 0.1) is 11.3 Å². The third kappa shape index (κ3) is 3.48. The van der Waals surface area contributed by atoms with Gasteiger partial charge in [0.15, 0.2) is 0 Å². The molecule has 5 nitrogen and oxygen atoms in total. The minimum atomic E-state index is -0.0910. The number of likely N-dealkylation sites (tertiary alicyclic amines) is 1.